The van der Waals surface area contributed by atoms with Crippen molar-refractivity contribution in [2.24, 2.45) is 5.41 Å². The molecule has 2 aromatic rings. The van der Waals surface area contributed by atoms with Gasteiger partial charge < -0.3 is 16.2 Å². The predicted octanol–water partition coefficient (Wildman–Crippen LogP) is 1.39. The van der Waals surface area contributed by atoms with Crippen molar-refractivity contribution in [2.45, 2.75) is 26.7 Å². The normalized spacial score (nSPS) is 16.1. The van der Waals surface area contributed by atoms with E-state index in [-0.39, 0.29) is 17.9 Å². The molecule has 2 heterocycles. The summed E-state index contributed by atoms with van der Waals surface area (Å²) in [6.07, 6.45) is 1.93. The summed E-state index contributed by atoms with van der Waals surface area (Å²) in [5.41, 5.74) is 6.65. The van der Waals surface area contributed by atoms with E-state index in [4.69, 9.17) is 5.73 Å². The van der Waals surface area contributed by atoms with Gasteiger partial charge in [0.25, 0.3) is 5.91 Å². The number of hydrogen-bond donors (Lipinski definition) is 3. The Morgan fingerprint density at radius 1 is 1.43 bits per heavy atom. The standard InChI is InChI=1S/C14H18N4O2S/c1-7-9-11(15)17-8(2)18-13(9)21-10(7)12(20)16-5-14(6-19)3-4-14/h19H,3-6H2,1-2H3,(H,16,20)(H2,15,17,18). The molecule has 7 heteroatoms. The zero-order chi connectivity index (χ0) is 15.2. The molecule has 1 saturated carbocycles. The average Bonchev–Trinajstić information content (AvgIpc) is 3.14. The Morgan fingerprint density at radius 3 is 2.76 bits per heavy atom. The van der Waals surface area contributed by atoms with E-state index in [0.29, 0.717) is 23.1 Å². The van der Waals surface area contributed by atoms with E-state index < -0.39 is 0 Å². The molecule has 0 spiro atoms. The fourth-order valence-electron chi connectivity index (χ4n) is 2.41. The van der Waals surface area contributed by atoms with Crippen LogP contribution >= 0.6 is 11.3 Å². The van der Waals surface area contributed by atoms with Gasteiger partial charge in [0.2, 0.25) is 0 Å². The number of fused-ring (bicyclic) bond motifs is 1. The third kappa shape index (κ3) is 2.47. The molecule has 1 aliphatic carbocycles. The van der Waals surface area contributed by atoms with Crippen molar-refractivity contribution in [2.75, 3.05) is 18.9 Å². The number of nitrogens with zero attached hydrogens (tertiary/aromatic N) is 2. The Bertz CT molecular complexity index is 721. The number of amides is 1. The number of nitrogens with two attached hydrogens (primary N) is 1. The number of nitrogen functional groups attached to an aromatic ring is 1. The first-order valence-corrected chi connectivity index (χ1v) is 7.70. The molecule has 0 saturated heterocycles. The van der Waals surface area contributed by atoms with E-state index in [1.165, 1.54) is 11.3 Å². The van der Waals surface area contributed by atoms with Gasteiger partial charge in [0.15, 0.2) is 0 Å². The van der Waals surface area contributed by atoms with Crippen molar-refractivity contribution in [1.82, 2.24) is 15.3 Å². The van der Waals surface area contributed by atoms with E-state index in [2.05, 4.69) is 15.3 Å². The summed E-state index contributed by atoms with van der Waals surface area (Å²) in [6, 6.07) is 0. The number of thiophene rings is 1. The highest BCUT2D eigenvalue weighted by Gasteiger charge is 2.42. The monoisotopic (exact) mass is 306 g/mol. The number of aliphatic hydroxyl groups is 1. The van der Waals surface area contributed by atoms with Gasteiger partial charge in [0.1, 0.15) is 16.5 Å². The quantitative estimate of drug-likeness (QED) is 0.792. The van der Waals surface area contributed by atoms with Crippen LogP contribution in [0, 0.1) is 19.3 Å². The maximum Gasteiger partial charge on any atom is 0.261 e. The van der Waals surface area contributed by atoms with Crippen molar-refractivity contribution in [3.63, 3.8) is 0 Å². The highest BCUT2D eigenvalue weighted by molar-refractivity contribution is 7.20. The van der Waals surface area contributed by atoms with Crippen LogP contribution in [0.5, 0.6) is 0 Å². The molecule has 0 unspecified atom stereocenters. The second-order valence-corrected chi connectivity index (χ2v) is 6.73. The Kier molecular flexibility index (Phi) is 3.33. The predicted molar refractivity (Wildman–Crippen MR) is 82.4 cm³/mol. The smallest absolute Gasteiger partial charge is 0.261 e. The second kappa shape index (κ2) is 4.92. The van der Waals surface area contributed by atoms with Crippen molar-refractivity contribution in [3.8, 4) is 0 Å². The van der Waals surface area contributed by atoms with Gasteiger partial charge in [-0.1, -0.05) is 0 Å². The van der Waals surface area contributed by atoms with E-state index in [9.17, 15) is 9.90 Å². The van der Waals surface area contributed by atoms with Crippen LogP contribution in [0.3, 0.4) is 0 Å². The van der Waals surface area contributed by atoms with Crippen LogP contribution in [0.2, 0.25) is 0 Å². The minimum Gasteiger partial charge on any atom is -0.396 e. The van der Waals surface area contributed by atoms with Gasteiger partial charge in [-0.2, -0.15) is 0 Å². The van der Waals surface area contributed by atoms with Gasteiger partial charge in [-0.15, -0.1) is 11.3 Å². The lowest BCUT2D eigenvalue weighted by atomic mass is 10.1. The zero-order valence-corrected chi connectivity index (χ0v) is 12.9. The first-order valence-electron chi connectivity index (χ1n) is 6.88. The minimum absolute atomic E-state index is 0.102. The molecular formula is C14H18N4O2S. The number of nitrogens with one attached hydrogen (secondary N) is 1. The van der Waals surface area contributed by atoms with Crippen LogP contribution in [-0.4, -0.2) is 34.1 Å². The number of carbonyl (C=O) groups excluding carboxylic acids is 1. The summed E-state index contributed by atoms with van der Waals surface area (Å²) < 4.78 is 0. The van der Waals surface area contributed by atoms with E-state index in [0.717, 1.165) is 28.6 Å². The highest BCUT2D eigenvalue weighted by atomic mass is 32.1. The second-order valence-electron chi connectivity index (χ2n) is 5.73. The summed E-state index contributed by atoms with van der Waals surface area (Å²) in [5, 5.41) is 13.0. The molecule has 2 aromatic heterocycles. The van der Waals surface area contributed by atoms with Gasteiger partial charge in [0, 0.05) is 12.0 Å². The number of aryl methyl sites for hydroxylation is 2. The maximum atomic E-state index is 12.4. The Balaban J connectivity index is 1.88. The van der Waals surface area contributed by atoms with Gasteiger partial charge in [-0.05, 0) is 32.3 Å². The zero-order valence-electron chi connectivity index (χ0n) is 12.1. The summed E-state index contributed by atoms with van der Waals surface area (Å²) >= 11 is 1.33. The Hall–Kier alpha value is -1.73. The molecular weight excluding hydrogens is 288 g/mol. The number of hydrogen-bond acceptors (Lipinski definition) is 6. The molecule has 1 fully saturated rings. The van der Waals surface area contributed by atoms with Crippen LogP contribution in [-0.2, 0) is 0 Å². The van der Waals surface area contributed by atoms with Gasteiger partial charge in [-0.25, -0.2) is 9.97 Å². The maximum absolute atomic E-state index is 12.4. The van der Waals surface area contributed by atoms with Crippen LogP contribution in [0.4, 0.5) is 5.82 Å². The topological polar surface area (TPSA) is 101 Å². The number of rotatable bonds is 4. The third-order valence-corrected chi connectivity index (χ3v) is 5.24. The van der Waals surface area contributed by atoms with Crippen LogP contribution in [0.15, 0.2) is 0 Å². The lowest BCUT2D eigenvalue weighted by Gasteiger charge is -2.12. The largest absolute Gasteiger partial charge is 0.396 e. The fourth-order valence-corrected chi connectivity index (χ4v) is 3.56. The van der Waals surface area contributed by atoms with Crippen molar-refractivity contribution in [3.05, 3.63) is 16.3 Å². The third-order valence-electron chi connectivity index (χ3n) is 4.05. The van der Waals surface area contributed by atoms with Gasteiger partial charge in [0.05, 0.1) is 16.9 Å². The summed E-state index contributed by atoms with van der Waals surface area (Å²) in [6.45, 7) is 4.27. The van der Waals surface area contributed by atoms with Gasteiger partial charge >= 0.3 is 0 Å². The summed E-state index contributed by atoms with van der Waals surface area (Å²) in [4.78, 5) is 22.2. The molecule has 112 valence electrons. The Morgan fingerprint density at radius 2 is 2.14 bits per heavy atom. The van der Waals surface area contributed by atoms with E-state index in [1.54, 1.807) is 6.92 Å². The molecule has 0 atom stereocenters. The first kappa shape index (κ1) is 14.2. The lowest BCUT2D eigenvalue weighted by Crippen LogP contribution is -2.31. The van der Waals surface area contributed by atoms with Gasteiger partial charge in [-0.3, -0.25) is 4.79 Å². The van der Waals surface area contributed by atoms with E-state index >= 15 is 0 Å². The van der Waals surface area contributed by atoms with Crippen LogP contribution < -0.4 is 11.1 Å². The molecule has 6 nitrogen and oxygen atoms in total. The van der Waals surface area contributed by atoms with Crippen molar-refractivity contribution >= 4 is 33.3 Å². The number of anilines is 1. The molecule has 0 radical (unpaired) electrons. The minimum atomic E-state index is -0.132. The molecule has 0 aliphatic heterocycles. The SMILES string of the molecule is Cc1nc(N)c2c(C)c(C(=O)NCC3(CO)CC3)sc2n1. The Labute approximate surface area is 126 Å². The number of carbonyl (C=O) groups is 1. The lowest BCUT2D eigenvalue weighted by molar-refractivity contribution is 0.0939. The first-order chi connectivity index (χ1) is 9.96. The van der Waals surface area contributed by atoms with Crippen molar-refractivity contribution < 1.29 is 9.90 Å². The average molecular weight is 306 g/mol. The van der Waals surface area contributed by atoms with Crippen LogP contribution in [0.25, 0.3) is 10.2 Å². The van der Waals surface area contributed by atoms with Crippen molar-refractivity contribution in [1.29, 1.82) is 0 Å². The summed E-state index contributed by atoms with van der Waals surface area (Å²) in [7, 11) is 0. The highest BCUT2D eigenvalue weighted by Crippen LogP contribution is 2.44. The summed E-state index contributed by atoms with van der Waals surface area (Å²) in [5.74, 6) is 0.886. The molecule has 0 bridgehead atoms. The van der Waals surface area contributed by atoms with E-state index in [1.807, 2.05) is 6.92 Å². The van der Waals surface area contributed by atoms with Crippen LogP contribution in [0.1, 0.15) is 33.9 Å². The molecule has 1 aliphatic rings. The number of aliphatic hydroxyl groups excluding tert-OH is 1. The molecule has 3 rings (SSSR count). The molecule has 0 aromatic carbocycles. The number of aromatic nitrogens is 2. The molecule has 21 heavy (non-hydrogen) atoms. The molecule has 4 N–H and O–H groups in total. The fraction of sp³-hybridized carbons (Fsp3) is 0.500. The molecule has 1 amide bonds.